The summed E-state index contributed by atoms with van der Waals surface area (Å²) in [6.07, 6.45) is 3.51. The zero-order valence-electron chi connectivity index (χ0n) is 22.3. The molecule has 0 amide bonds. The van der Waals surface area contributed by atoms with Crippen LogP contribution >= 0.6 is 0 Å². The number of benzene rings is 4. The Bertz CT molecular complexity index is 1570. The third-order valence-corrected chi connectivity index (χ3v) is 7.83. The van der Waals surface area contributed by atoms with Gasteiger partial charge in [0.1, 0.15) is 25.4 Å². The van der Waals surface area contributed by atoms with E-state index in [1.165, 1.54) is 21.9 Å². The summed E-state index contributed by atoms with van der Waals surface area (Å²) in [5, 5.41) is 23.9. The number of hydrogen-bond acceptors (Lipinski definition) is 4. The lowest BCUT2D eigenvalue weighted by Gasteiger charge is -2.35. The van der Waals surface area contributed by atoms with Crippen LogP contribution in [-0.4, -0.2) is 60.9 Å². The first-order valence-corrected chi connectivity index (χ1v) is 12.7. The van der Waals surface area contributed by atoms with E-state index in [0.717, 1.165) is 38.8 Å². The van der Waals surface area contributed by atoms with Gasteiger partial charge in [-0.05, 0) is 71.1 Å². The van der Waals surface area contributed by atoms with Crippen LogP contribution in [0.1, 0.15) is 32.6 Å². The molecule has 0 spiro atoms. The molecule has 38 heavy (non-hydrogen) atoms. The Labute approximate surface area is 230 Å². The van der Waals surface area contributed by atoms with Gasteiger partial charge >= 0.3 is 0 Å². The van der Waals surface area contributed by atoms with Crippen LogP contribution in [0.5, 0.6) is 5.75 Å². The number of ether oxygens (including phenoxy) is 1. The number of rotatable bonds is 8. The van der Waals surface area contributed by atoms with Gasteiger partial charge in [-0.2, -0.15) is 0 Å². The number of halogens is 1. The van der Waals surface area contributed by atoms with Crippen molar-refractivity contribution in [3.8, 4) is 16.9 Å². The molecule has 1 aliphatic carbocycles. The lowest BCUT2D eigenvalue weighted by molar-refractivity contribution is -0.923. The number of allylic oxidation sites excluding steroid dienone is 1. The Morgan fingerprint density at radius 2 is 1.53 bits per heavy atom. The molecule has 198 valence electrons. The molecule has 0 heterocycles. The van der Waals surface area contributed by atoms with Gasteiger partial charge in [0.05, 0.1) is 27.4 Å². The van der Waals surface area contributed by atoms with Crippen molar-refractivity contribution in [1.29, 1.82) is 0 Å². The third-order valence-electron chi connectivity index (χ3n) is 7.83. The zero-order chi connectivity index (χ0) is 26.3. The summed E-state index contributed by atoms with van der Waals surface area (Å²) >= 11 is 0. The molecule has 0 radical (unpaired) electrons. The number of likely N-dealkylation sites (N-methyl/N-ethyl adjacent to an activating group) is 1. The quantitative estimate of drug-likeness (QED) is 0.343. The molecule has 1 aliphatic rings. The molecule has 0 aromatic heterocycles. The van der Waals surface area contributed by atoms with E-state index in [1.807, 2.05) is 31.3 Å². The molecule has 0 unspecified atom stereocenters. The minimum atomic E-state index is -0.0259. The minimum absolute atomic E-state index is 0. The highest BCUT2D eigenvalue weighted by Gasteiger charge is 2.29. The summed E-state index contributed by atoms with van der Waals surface area (Å²) in [6, 6.07) is 16.9. The van der Waals surface area contributed by atoms with Gasteiger partial charge in [-0.15, -0.1) is 0 Å². The molecule has 0 bridgehead atoms. The van der Waals surface area contributed by atoms with Crippen LogP contribution in [0.25, 0.3) is 38.7 Å². The van der Waals surface area contributed by atoms with Crippen molar-refractivity contribution in [3.05, 3.63) is 82.4 Å². The van der Waals surface area contributed by atoms with Crippen LogP contribution in [0.2, 0.25) is 0 Å². The van der Waals surface area contributed by atoms with Crippen LogP contribution in [-0.2, 0) is 6.54 Å². The summed E-state index contributed by atoms with van der Waals surface area (Å²) in [4.78, 5) is 13.1. The van der Waals surface area contributed by atoms with Gasteiger partial charge in [0, 0.05) is 27.5 Å². The van der Waals surface area contributed by atoms with Gasteiger partial charge in [0.25, 0.3) is 0 Å². The van der Waals surface area contributed by atoms with Crippen LogP contribution in [0.3, 0.4) is 0 Å². The molecule has 5 nitrogen and oxygen atoms in total. The topological polar surface area (TPSA) is 66.8 Å². The number of methoxy groups -OCH3 is 1. The van der Waals surface area contributed by atoms with E-state index >= 15 is 0 Å². The van der Waals surface area contributed by atoms with Crippen molar-refractivity contribution in [3.63, 3.8) is 0 Å². The lowest BCUT2D eigenvalue weighted by Crippen LogP contribution is -3.00. The highest BCUT2D eigenvalue weighted by Crippen LogP contribution is 2.44. The maximum atomic E-state index is 13.1. The molecule has 6 heteroatoms. The molecule has 0 aliphatic heterocycles. The largest absolute Gasteiger partial charge is 1.00 e. The number of ketones is 1. The van der Waals surface area contributed by atoms with Crippen LogP contribution < -0.4 is 17.1 Å². The van der Waals surface area contributed by atoms with Gasteiger partial charge in [0.2, 0.25) is 0 Å². The minimum Gasteiger partial charge on any atom is -1.00 e. The summed E-state index contributed by atoms with van der Waals surface area (Å²) in [6.45, 7) is 5.82. The zero-order valence-corrected chi connectivity index (χ0v) is 23.1. The average molecular weight is 532 g/mol. The van der Waals surface area contributed by atoms with E-state index in [0.29, 0.717) is 29.7 Å². The molecular formula is C32H34ClNO4. The van der Waals surface area contributed by atoms with Crippen LogP contribution in [0, 0.1) is 13.8 Å². The number of aliphatic hydroxyl groups excluding tert-OH is 2. The number of hydrogen-bond donors (Lipinski definition) is 2. The SMILES string of the molecule is COc1ccc2c3c(cc(C[N+](C)(CCO)CCO)c(-c4ccc5c(C)ccc(C)c5c4)c13)C(=O)C=C2.[Cl-]. The van der Waals surface area contributed by atoms with Crippen molar-refractivity contribution < 1.29 is 36.6 Å². The summed E-state index contributed by atoms with van der Waals surface area (Å²) in [7, 11) is 3.70. The maximum Gasteiger partial charge on any atom is 0.186 e. The van der Waals surface area contributed by atoms with Crippen molar-refractivity contribution in [2.24, 2.45) is 0 Å². The first kappa shape index (κ1) is 27.8. The highest BCUT2D eigenvalue weighted by molar-refractivity contribution is 6.23. The van der Waals surface area contributed by atoms with Gasteiger partial charge in [0.15, 0.2) is 5.78 Å². The third kappa shape index (κ3) is 4.72. The molecule has 4 aromatic carbocycles. The molecular weight excluding hydrogens is 498 g/mol. The molecule has 0 saturated carbocycles. The predicted molar refractivity (Wildman–Crippen MR) is 150 cm³/mol. The molecule has 5 rings (SSSR count). The second-order valence-corrected chi connectivity index (χ2v) is 10.4. The monoisotopic (exact) mass is 531 g/mol. The number of aliphatic hydroxyl groups is 2. The molecule has 2 N–H and O–H groups in total. The average Bonchev–Trinajstić information content (AvgIpc) is 2.88. The molecule has 4 aromatic rings. The fourth-order valence-electron chi connectivity index (χ4n) is 5.79. The van der Waals surface area contributed by atoms with Crippen LogP contribution in [0.15, 0.2) is 54.6 Å². The highest BCUT2D eigenvalue weighted by atomic mass is 35.5. The summed E-state index contributed by atoms with van der Waals surface area (Å²) in [5.41, 5.74) is 7.18. The number of aryl methyl sites for hydroxylation is 2. The van der Waals surface area contributed by atoms with Crippen molar-refractivity contribution in [2.45, 2.75) is 20.4 Å². The summed E-state index contributed by atoms with van der Waals surface area (Å²) < 4.78 is 6.34. The van der Waals surface area contributed by atoms with E-state index in [2.05, 4.69) is 44.2 Å². The second-order valence-electron chi connectivity index (χ2n) is 10.4. The number of nitrogens with zero attached hydrogens (tertiary/aromatic N) is 1. The Morgan fingerprint density at radius 1 is 0.842 bits per heavy atom. The van der Waals surface area contributed by atoms with Gasteiger partial charge in [-0.25, -0.2) is 0 Å². The summed E-state index contributed by atoms with van der Waals surface area (Å²) in [5.74, 6) is 0.696. The predicted octanol–water partition coefficient (Wildman–Crippen LogP) is 2.43. The van der Waals surface area contributed by atoms with Crippen molar-refractivity contribution >= 4 is 33.4 Å². The Morgan fingerprint density at radius 3 is 2.18 bits per heavy atom. The van der Waals surface area contributed by atoms with E-state index in [4.69, 9.17) is 4.74 Å². The van der Waals surface area contributed by atoms with Crippen molar-refractivity contribution in [1.82, 2.24) is 0 Å². The first-order valence-electron chi connectivity index (χ1n) is 12.7. The Balaban J connectivity index is 0.00000336. The van der Waals surface area contributed by atoms with E-state index in [-0.39, 0.29) is 31.4 Å². The Kier molecular flexibility index (Phi) is 7.96. The van der Waals surface area contributed by atoms with Crippen molar-refractivity contribution in [2.75, 3.05) is 40.5 Å². The van der Waals surface area contributed by atoms with E-state index < -0.39 is 0 Å². The fraction of sp³-hybridized carbons (Fsp3) is 0.281. The standard InChI is InChI=1S/C32H34NO4.ClH/c1-20-5-6-21(2)26-17-23(7-10-25(20)26)30-24(19-33(3,13-15-34)14-16-35)18-27-28(36)11-8-22-9-12-29(37-4)32(30)31(22)27;/h5-12,17-18,34-35H,13-16,19H2,1-4H3;1H/q+1;/p-1. The van der Waals surface area contributed by atoms with Gasteiger partial charge in [-0.1, -0.05) is 36.4 Å². The fourth-order valence-corrected chi connectivity index (χ4v) is 5.79. The smallest absolute Gasteiger partial charge is 0.186 e. The number of quaternary nitrogens is 1. The van der Waals surface area contributed by atoms with E-state index in [1.54, 1.807) is 13.2 Å². The van der Waals surface area contributed by atoms with Crippen LogP contribution in [0.4, 0.5) is 0 Å². The second kappa shape index (κ2) is 10.9. The maximum absolute atomic E-state index is 13.1. The normalized spacial score (nSPS) is 12.7. The number of carbonyl (C=O) groups is 1. The first-order chi connectivity index (χ1) is 17.8. The molecule has 0 atom stereocenters. The number of fused-ring (bicyclic) bond motifs is 1. The van der Waals surface area contributed by atoms with Gasteiger partial charge < -0.3 is 31.8 Å². The number of carbonyl (C=O) groups excluding carboxylic acids is 1. The van der Waals surface area contributed by atoms with E-state index in [9.17, 15) is 15.0 Å². The Hall–Kier alpha value is -3.22. The van der Waals surface area contributed by atoms with Gasteiger partial charge in [-0.3, -0.25) is 4.79 Å². The molecule has 0 fully saturated rings. The molecule has 0 saturated heterocycles. The lowest BCUT2D eigenvalue weighted by atomic mass is 9.83.